The molecule has 0 aromatic heterocycles. The zero-order chi connectivity index (χ0) is 14.8. The molecule has 108 valence electrons. The van der Waals surface area contributed by atoms with Crippen LogP contribution in [-0.4, -0.2) is 12.3 Å². The third-order valence-corrected chi connectivity index (χ3v) is 4.22. The maximum absolute atomic E-state index is 13.7. The molecule has 0 unspecified atom stereocenters. The topological polar surface area (TPSA) is 29.1 Å². The van der Waals surface area contributed by atoms with Gasteiger partial charge in [-0.2, -0.15) is 0 Å². The van der Waals surface area contributed by atoms with Crippen molar-refractivity contribution in [1.82, 2.24) is 0 Å². The first kappa shape index (κ1) is 14.3. The largest absolute Gasteiger partial charge is 0.385 e. The van der Waals surface area contributed by atoms with E-state index < -0.39 is 0 Å². The summed E-state index contributed by atoms with van der Waals surface area (Å²) < 4.78 is 14.5. The number of benzene rings is 2. The summed E-state index contributed by atoms with van der Waals surface area (Å²) in [6, 6.07) is 10.4. The molecule has 2 nitrogen and oxygen atoms in total. The van der Waals surface area contributed by atoms with Crippen LogP contribution in [0, 0.1) is 5.82 Å². The van der Waals surface area contributed by atoms with Crippen molar-refractivity contribution in [3.8, 4) is 0 Å². The Kier molecular flexibility index (Phi) is 4.06. The second-order valence-electron chi connectivity index (χ2n) is 5.24. The highest BCUT2D eigenvalue weighted by molar-refractivity contribution is 9.10. The Bertz CT molecular complexity index is 699. The lowest BCUT2D eigenvalue weighted by Crippen LogP contribution is -2.13. The van der Waals surface area contributed by atoms with Gasteiger partial charge in [0, 0.05) is 28.7 Å². The highest BCUT2D eigenvalue weighted by Gasteiger charge is 2.14. The van der Waals surface area contributed by atoms with Crippen LogP contribution in [0.2, 0.25) is 0 Å². The minimum absolute atomic E-state index is 0.0552. The van der Waals surface area contributed by atoms with Gasteiger partial charge in [0.1, 0.15) is 5.82 Å². The molecule has 0 saturated heterocycles. The lowest BCUT2D eigenvalue weighted by molar-refractivity contribution is 0.0991. The minimum atomic E-state index is -0.342. The van der Waals surface area contributed by atoms with Gasteiger partial charge >= 0.3 is 0 Å². The van der Waals surface area contributed by atoms with E-state index in [1.165, 1.54) is 11.6 Å². The third-order valence-electron chi connectivity index (χ3n) is 3.72. The van der Waals surface area contributed by atoms with Crippen LogP contribution in [0.3, 0.4) is 0 Å². The van der Waals surface area contributed by atoms with Crippen LogP contribution in [0.1, 0.15) is 27.9 Å². The van der Waals surface area contributed by atoms with Gasteiger partial charge in [0.2, 0.25) is 0 Å². The van der Waals surface area contributed by atoms with Crippen molar-refractivity contribution in [2.45, 2.75) is 19.3 Å². The van der Waals surface area contributed by atoms with Crippen molar-refractivity contribution < 1.29 is 9.18 Å². The first-order valence-electron chi connectivity index (χ1n) is 6.97. The summed E-state index contributed by atoms with van der Waals surface area (Å²) >= 11 is 3.31. The van der Waals surface area contributed by atoms with E-state index in [2.05, 4.69) is 21.2 Å². The molecule has 1 heterocycles. The number of anilines is 1. The summed E-state index contributed by atoms with van der Waals surface area (Å²) in [5.74, 6) is -0.397. The van der Waals surface area contributed by atoms with Crippen LogP contribution in [0.4, 0.5) is 10.1 Å². The average molecular weight is 348 g/mol. The van der Waals surface area contributed by atoms with Crippen LogP contribution in [0.5, 0.6) is 0 Å². The number of aryl methyl sites for hydroxylation is 1. The van der Waals surface area contributed by atoms with Crippen molar-refractivity contribution in [3.05, 3.63) is 63.4 Å². The van der Waals surface area contributed by atoms with E-state index in [0.717, 1.165) is 29.5 Å². The quantitative estimate of drug-likeness (QED) is 0.835. The normalized spacial score (nSPS) is 13.4. The average Bonchev–Trinajstić information content (AvgIpc) is 2.50. The molecule has 0 saturated carbocycles. The monoisotopic (exact) mass is 347 g/mol. The number of ketones is 1. The number of carbonyl (C=O) groups is 1. The molecule has 4 heteroatoms. The lowest BCUT2D eigenvalue weighted by atomic mass is 9.96. The maximum atomic E-state index is 13.7. The second kappa shape index (κ2) is 5.98. The molecule has 0 aliphatic carbocycles. The van der Waals surface area contributed by atoms with E-state index in [0.29, 0.717) is 11.1 Å². The van der Waals surface area contributed by atoms with Crippen molar-refractivity contribution in [1.29, 1.82) is 0 Å². The molecule has 0 amide bonds. The van der Waals surface area contributed by atoms with Gasteiger partial charge in [-0.25, -0.2) is 4.39 Å². The van der Waals surface area contributed by atoms with Crippen LogP contribution in [0.15, 0.2) is 40.9 Å². The minimum Gasteiger partial charge on any atom is -0.385 e. The van der Waals surface area contributed by atoms with E-state index in [1.807, 2.05) is 18.2 Å². The van der Waals surface area contributed by atoms with Crippen LogP contribution in [-0.2, 0) is 12.8 Å². The Morgan fingerprint density at radius 3 is 2.95 bits per heavy atom. The standard InChI is InChI=1S/C17H15BrFNO/c18-14-4-5-15(19)13(9-14)10-17(21)12-3-6-16-11(8-12)2-1-7-20-16/h3-6,8-9,20H,1-2,7,10H2. The van der Waals surface area contributed by atoms with Gasteiger partial charge in [0.25, 0.3) is 0 Å². The molecule has 21 heavy (non-hydrogen) atoms. The highest BCUT2D eigenvalue weighted by Crippen LogP contribution is 2.24. The molecule has 0 radical (unpaired) electrons. The summed E-state index contributed by atoms with van der Waals surface area (Å²) in [5, 5.41) is 3.32. The lowest BCUT2D eigenvalue weighted by Gasteiger charge is -2.18. The highest BCUT2D eigenvalue weighted by atomic mass is 79.9. The first-order valence-corrected chi connectivity index (χ1v) is 7.77. The summed E-state index contributed by atoms with van der Waals surface area (Å²) in [5.41, 5.74) is 3.34. The molecule has 3 rings (SSSR count). The molecule has 1 N–H and O–H groups in total. The Morgan fingerprint density at radius 1 is 1.24 bits per heavy atom. The van der Waals surface area contributed by atoms with Crippen LogP contribution >= 0.6 is 15.9 Å². The summed E-state index contributed by atoms with van der Waals surface area (Å²) in [4.78, 5) is 12.4. The summed E-state index contributed by atoms with van der Waals surface area (Å²) in [6.07, 6.45) is 2.14. The van der Waals surface area contributed by atoms with Gasteiger partial charge in [0.05, 0.1) is 0 Å². The molecule has 1 aliphatic heterocycles. The number of nitrogens with one attached hydrogen (secondary N) is 1. The van der Waals surface area contributed by atoms with Gasteiger partial charge in [-0.1, -0.05) is 15.9 Å². The van der Waals surface area contributed by atoms with Crippen molar-refractivity contribution in [2.75, 3.05) is 11.9 Å². The number of rotatable bonds is 3. The van der Waals surface area contributed by atoms with Crippen molar-refractivity contribution >= 4 is 27.4 Å². The number of hydrogen-bond acceptors (Lipinski definition) is 2. The van der Waals surface area contributed by atoms with Crippen molar-refractivity contribution in [2.24, 2.45) is 0 Å². The molecular formula is C17H15BrFNO. The Hall–Kier alpha value is -1.68. The van der Waals surface area contributed by atoms with Gasteiger partial charge in [-0.05, 0) is 60.4 Å². The summed E-state index contributed by atoms with van der Waals surface area (Å²) in [6.45, 7) is 0.976. The van der Waals surface area contributed by atoms with E-state index in [4.69, 9.17) is 0 Å². The number of fused-ring (bicyclic) bond motifs is 1. The SMILES string of the molecule is O=C(Cc1cc(Br)ccc1F)c1ccc2c(c1)CCCN2. The fourth-order valence-electron chi connectivity index (χ4n) is 2.60. The van der Waals surface area contributed by atoms with Crippen LogP contribution in [0.25, 0.3) is 0 Å². The second-order valence-corrected chi connectivity index (χ2v) is 6.15. The molecule has 2 aromatic rings. The fourth-order valence-corrected chi connectivity index (χ4v) is 3.01. The summed E-state index contributed by atoms with van der Waals surface area (Å²) in [7, 11) is 0. The molecule has 0 spiro atoms. The number of hydrogen-bond donors (Lipinski definition) is 1. The zero-order valence-corrected chi connectivity index (χ0v) is 13.0. The molecule has 0 bridgehead atoms. The van der Waals surface area contributed by atoms with E-state index >= 15 is 0 Å². The van der Waals surface area contributed by atoms with E-state index in [9.17, 15) is 9.18 Å². The predicted molar refractivity (Wildman–Crippen MR) is 85.4 cm³/mol. The van der Waals surface area contributed by atoms with E-state index in [-0.39, 0.29) is 18.0 Å². The number of carbonyl (C=O) groups excluding carboxylic acids is 1. The first-order chi connectivity index (χ1) is 10.1. The number of halogens is 2. The molecular weight excluding hydrogens is 333 g/mol. The molecule has 1 aliphatic rings. The molecule has 0 atom stereocenters. The number of Topliss-reactive ketones (excluding diaryl/α,β-unsaturated/α-hetero) is 1. The maximum Gasteiger partial charge on any atom is 0.167 e. The fraction of sp³-hybridized carbons (Fsp3) is 0.235. The molecule has 0 fully saturated rings. The smallest absolute Gasteiger partial charge is 0.167 e. The van der Waals surface area contributed by atoms with Gasteiger partial charge < -0.3 is 5.32 Å². The zero-order valence-electron chi connectivity index (χ0n) is 11.5. The van der Waals surface area contributed by atoms with E-state index in [1.54, 1.807) is 12.1 Å². The Morgan fingerprint density at radius 2 is 2.10 bits per heavy atom. The Balaban J connectivity index is 1.83. The van der Waals surface area contributed by atoms with Crippen LogP contribution < -0.4 is 5.32 Å². The van der Waals surface area contributed by atoms with Gasteiger partial charge in [0.15, 0.2) is 5.78 Å². The molecule has 2 aromatic carbocycles. The third kappa shape index (κ3) is 3.16. The predicted octanol–water partition coefficient (Wildman–Crippen LogP) is 4.37. The van der Waals surface area contributed by atoms with Crippen molar-refractivity contribution in [3.63, 3.8) is 0 Å². The Labute approximate surface area is 131 Å². The van der Waals surface area contributed by atoms with Gasteiger partial charge in [-0.3, -0.25) is 4.79 Å². The van der Waals surface area contributed by atoms with Gasteiger partial charge in [-0.15, -0.1) is 0 Å².